The Labute approximate surface area is 124 Å². The van der Waals surface area contributed by atoms with Gasteiger partial charge in [0.2, 0.25) is 5.91 Å². The molecule has 1 aliphatic carbocycles. The van der Waals surface area contributed by atoms with Crippen molar-refractivity contribution in [2.75, 3.05) is 13.7 Å². The largest absolute Gasteiger partial charge is 0.381 e. The number of nitrogens with zero attached hydrogens (tertiary/aromatic N) is 3. The van der Waals surface area contributed by atoms with Crippen molar-refractivity contribution in [2.45, 2.75) is 58.1 Å². The summed E-state index contributed by atoms with van der Waals surface area (Å²) in [7, 11) is 1.78. The third-order valence-electron chi connectivity index (χ3n) is 5.28. The van der Waals surface area contributed by atoms with E-state index in [0.717, 1.165) is 32.2 Å². The summed E-state index contributed by atoms with van der Waals surface area (Å²) in [5.74, 6) is 0.137. The monoisotopic (exact) mass is 293 g/mol. The summed E-state index contributed by atoms with van der Waals surface area (Å²) in [6.45, 7) is 4.94. The van der Waals surface area contributed by atoms with Gasteiger partial charge < -0.3 is 9.64 Å². The minimum atomic E-state index is 0.137. The molecule has 1 amide bonds. The molecule has 2 fully saturated rings. The average Bonchev–Trinajstić information content (AvgIpc) is 3.01. The smallest absolute Gasteiger partial charge is 0.229 e. The van der Waals surface area contributed by atoms with E-state index >= 15 is 0 Å². The summed E-state index contributed by atoms with van der Waals surface area (Å²) in [6.07, 6.45) is 4.78. The van der Waals surface area contributed by atoms with Crippen LogP contribution in [0.25, 0.3) is 0 Å². The summed E-state index contributed by atoms with van der Waals surface area (Å²) in [5.41, 5.74) is 1.54. The van der Waals surface area contributed by atoms with Crippen molar-refractivity contribution in [2.24, 2.45) is 5.41 Å². The zero-order chi connectivity index (χ0) is 15.0. The lowest BCUT2D eigenvalue weighted by Crippen LogP contribution is -2.47. The molecule has 2 aliphatic rings. The van der Waals surface area contributed by atoms with Crippen LogP contribution in [0, 0.1) is 12.3 Å². The lowest BCUT2D eigenvalue weighted by Gasteiger charge is -2.42. The first-order valence-corrected chi connectivity index (χ1v) is 7.64. The van der Waals surface area contributed by atoms with Crippen molar-refractivity contribution in [3.05, 3.63) is 11.4 Å². The number of fused-ring (bicyclic) bond motifs is 1. The average molecular weight is 293 g/mol. The van der Waals surface area contributed by atoms with Crippen LogP contribution >= 0.6 is 0 Å². The number of hydrogen-bond acceptors (Lipinski definition) is 5. The van der Waals surface area contributed by atoms with Gasteiger partial charge in [-0.25, -0.2) is 4.63 Å². The second-order valence-electron chi connectivity index (χ2n) is 6.62. The van der Waals surface area contributed by atoms with Crippen LogP contribution in [0.5, 0.6) is 0 Å². The number of rotatable bonds is 3. The van der Waals surface area contributed by atoms with Gasteiger partial charge in [0.15, 0.2) is 0 Å². The van der Waals surface area contributed by atoms with Crippen molar-refractivity contribution in [3.8, 4) is 0 Å². The SMILES string of the molecule is CO[C@@H]1CC[C@H]2N(C(=O)Cc3nonc3C)CC[C@@]2(C)C1. The minimum absolute atomic E-state index is 0.137. The van der Waals surface area contributed by atoms with Gasteiger partial charge in [-0.1, -0.05) is 17.2 Å². The van der Waals surface area contributed by atoms with Crippen LogP contribution in [-0.4, -0.2) is 46.9 Å². The fourth-order valence-electron chi connectivity index (χ4n) is 3.94. The van der Waals surface area contributed by atoms with E-state index < -0.39 is 0 Å². The molecule has 0 unspecified atom stereocenters. The van der Waals surface area contributed by atoms with Crippen molar-refractivity contribution in [1.82, 2.24) is 15.2 Å². The normalized spacial score (nSPS) is 32.2. The summed E-state index contributed by atoms with van der Waals surface area (Å²) in [6, 6.07) is 0.330. The van der Waals surface area contributed by atoms with E-state index in [-0.39, 0.29) is 17.7 Å². The molecule has 0 bridgehead atoms. The van der Waals surface area contributed by atoms with Gasteiger partial charge in [-0.15, -0.1) is 0 Å². The van der Waals surface area contributed by atoms with Crippen molar-refractivity contribution in [1.29, 1.82) is 0 Å². The van der Waals surface area contributed by atoms with E-state index in [2.05, 4.69) is 21.9 Å². The van der Waals surface area contributed by atoms with Crippen LogP contribution in [0.1, 0.15) is 44.0 Å². The van der Waals surface area contributed by atoms with Gasteiger partial charge in [0.05, 0.1) is 12.5 Å². The highest BCUT2D eigenvalue weighted by Gasteiger charge is 2.49. The highest BCUT2D eigenvalue weighted by molar-refractivity contribution is 5.79. The minimum Gasteiger partial charge on any atom is -0.381 e. The Morgan fingerprint density at radius 2 is 2.29 bits per heavy atom. The van der Waals surface area contributed by atoms with Crippen LogP contribution in [0.2, 0.25) is 0 Å². The van der Waals surface area contributed by atoms with Gasteiger partial charge in [-0.05, 0) is 38.0 Å². The third kappa shape index (κ3) is 2.57. The molecular formula is C15H23N3O3. The molecule has 1 saturated heterocycles. The molecule has 1 aromatic rings. The van der Waals surface area contributed by atoms with Gasteiger partial charge in [-0.2, -0.15) is 0 Å². The summed E-state index contributed by atoms with van der Waals surface area (Å²) < 4.78 is 10.2. The number of carbonyl (C=O) groups excluding carboxylic acids is 1. The Bertz CT molecular complexity index is 530. The standard InChI is InChI=1S/C15H23N3O3/c1-10-12(17-21-16-10)8-14(19)18-7-6-15(2)9-11(20-3)4-5-13(15)18/h11,13H,4-9H2,1-3H3/t11-,13-,15+/m1/s1. The van der Waals surface area contributed by atoms with Gasteiger partial charge in [0.1, 0.15) is 11.4 Å². The van der Waals surface area contributed by atoms with E-state index in [0.29, 0.717) is 23.5 Å². The molecule has 3 rings (SSSR count). The zero-order valence-electron chi connectivity index (χ0n) is 13.0. The first-order chi connectivity index (χ1) is 10.0. The number of amides is 1. The van der Waals surface area contributed by atoms with E-state index in [4.69, 9.17) is 4.74 Å². The highest BCUT2D eigenvalue weighted by atomic mass is 16.6. The Kier molecular flexibility index (Phi) is 3.73. The molecule has 1 aliphatic heterocycles. The number of hydrogen-bond donors (Lipinski definition) is 0. The number of methoxy groups -OCH3 is 1. The summed E-state index contributed by atoms with van der Waals surface area (Å²) >= 11 is 0. The maximum atomic E-state index is 12.6. The van der Waals surface area contributed by atoms with E-state index in [1.54, 1.807) is 7.11 Å². The van der Waals surface area contributed by atoms with Crippen LogP contribution in [0.3, 0.4) is 0 Å². The number of aryl methyl sites for hydroxylation is 1. The van der Waals surface area contributed by atoms with Crippen LogP contribution in [0.4, 0.5) is 0 Å². The van der Waals surface area contributed by atoms with Crippen molar-refractivity contribution >= 4 is 5.91 Å². The molecule has 3 atom stereocenters. The van der Waals surface area contributed by atoms with Gasteiger partial charge >= 0.3 is 0 Å². The number of likely N-dealkylation sites (tertiary alicyclic amines) is 1. The van der Waals surface area contributed by atoms with Crippen molar-refractivity contribution < 1.29 is 14.2 Å². The van der Waals surface area contributed by atoms with Crippen LogP contribution in [0.15, 0.2) is 4.63 Å². The number of carbonyl (C=O) groups is 1. The van der Waals surface area contributed by atoms with E-state index in [1.807, 2.05) is 11.8 Å². The Hall–Kier alpha value is -1.43. The molecule has 0 spiro atoms. The molecular weight excluding hydrogens is 270 g/mol. The molecule has 6 heteroatoms. The zero-order valence-corrected chi connectivity index (χ0v) is 13.0. The van der Waals surface area contributed by atoms with Crippen LogP contribution < -0.4 is 0 Å². The molecule has 1 aromatic heterocycles. The lowest BCUT2D eigenvalue weighted by molar-refractivity contribution is -0.133. The predicted octanol–water partition coefficient (Wildman–Crippen LogP) is 1.73. The maximum Gasteiger partial charge on any atom is 0.229 e. The molecule has 6 nitrogen and oxygen atoms in total. The van der Waals surface area contributed by atoms with E-state index in [9.17, 15) is 4.79 Å². The number of ether oxygens (including phenoxy) is 1. The molecule has 0 radical (unpaired) electrons. The van der Waals surface area contributed by atoms with Crippen molar-refractivity contribution in [3.63, 3.8) is 0 Å². The Morgan fingerprint density at radius 3 is 2.95 bits per heavy atom. The first kappa shape index (κ1) is 14.5. The highest BCUT2D eigenvalue weighted by Crippen LogP contribution is 2.47. The lowest BCUT2D eigenvalue weighted by atomic mass is 9.71. The number of aromatic nitrogens is 2. The first-order valence-electron chi connectivity index (χ1n) is 7.64. The molecule has 0 N–H and O–H groups in total. The quantitative estimate of drug-likeness (QED) is 0.849. The van der Waals surface area contributed by atoms with Gasteiger partial charge in [0, 0.05) is 19.7 Å². The molecule has 1 saturated carbocycles. The second kappa shape index (κ2) is 5.40. The molecule has 0 aromatic carbocycles. The summed E-state index contributed by atoms with van der Waals surface area (Å²) in [5, 5.41) is 7.56. The van der Waals surface area contributed by atoms with Gasteiger partial charge in [-0.3, -0.25) is 4.79 Å². The predicted molar refractivity (Wildman–Crippen MR) is 75.6 cm³/mol. The fraction of sp³-hybridized carbons (Fsp3) is 0.800. The molecule has 116 valence electrons. The topological polar surface area (TPSA) is 68.5 Å². The van der Waals surface area contributed by atoms with Crippen LogP contribution in [-0.2, 0) is 16.0 Å². The Balaban J connectivity index is 1.70. The Morgan fingerprint density at radius 1 is 1.48 bits per heavy atom. The van der Waals surface area contributed by atoms with Gasteiger partial charge in [0.25, 0.3) is 0 Å². The van der Waals surface area contributed by atoms with E-state index in [1.165, 1.54) is 0 Å². The fourth-order valence-corrected chi connectivity index (χ4v) is 3.94. The molecule has 2 heterocycles. The maximum absolute atomic E-state index is 12.6. The molecule has 21 heavy (non-hydrogen) atoms. The second-order valence-corrected chi connectivity index (χ2v) is 6.62. The third-order valence-corrected chi connectivity index (χ3v) is 5.28. The summed E-state index contributed by atoms with van der Waals surface area (Å²) in [4.78, 5) is 14.6.